The standard InChI is InChI=1S/C14H14N2O3/c17-13-9-12(14(18)16-7-3-4-8-19-16)15-11-6-2-1-5-10(11)13/h1-2,5-6,9H,3-4,7-8H2,(H,15,17). The van der Waals surface area contributed by atoms with Crippen molar-refractivity contribution in [1.29, 1.82) is 0 Å². The maximum atomic E-state index is 12.2. The lowest BCUT2D eigenvalue weighted by Gasteiger charge is -2.25. The molecule has 19 heavy (non-hydrogen) atoms. The summed E-state index contributed by atoms with van der Waals surface area (Å²) in [5.41, 5.74) is 0.774. The van der Waals surface area contributed by atoms with E-state index in [0.717, 1.165) is 12.8 Å². The van der Waals surface area contributed by atoms with Gasteiger partial charge in [0.2, 0.25) is 0 Å². The first-order chi connectivity index (χ1) is 9.25. The highest BCUT2D eigenvalue weighted by Crippen LogP contribution is 2.12. The van der Waals surface area contributed by atoms with Crippen molar-refractivity contribution in [2.45, 2.75) is 12.8 Å². The molecule has 0 aliphatic carbocycles. The number of hydroxylamine groups is 2. The second-order valence-electron chi connectivity index (χ2n) is 4.54. The molecule has 0 radical (unpaired) electrons. The van der Waals surface area contributed by atoms with Crippen LogP contribution in [0, 0.1) is 0 Å². The van der Waals surface area contributed by atoms with E-state index in [-0.39, 0.29) is 17.0 Å². The van der Waals surface area contributed by atoms with Crippen molar-refractivity contribution >= 4 is 16.8 Å². The first kappa shape index (κ1) is 11.9. The van der Waals surface area contributed by atoms with Gasteiger partial charge in [0.1, 0.15) is 5.69 Å². The molecule has 0 bridgehead atoms. The number of hydrogen-bond donors (Lipinski definition) is 1. The number of carbonyl (C=O) groups excluding carboxylic acids is 1. The molecule has 0 unspecified atom stereocenters. The van der Waals surface area contributed by atoms with Gasteiger partial charge in [-0.1, -0.05) is 12.1 Å². The van der Waals surface area contributed by atoms with Crippen LogP contribution >= 0.6 is 0 Å². The minimum absolute atomic E-state index is 0.158. The Hall–Kier alpha value is -2.14. The highest BCUT2D eigenvalue weighted by atomic mass is 16.7. The smallest absolute Gasteiger partial charge is 0.293 e. The quantitative estimate of drug-likeness (QED) is 0.846. The second-order valence-corrected chi connectivity index (χ2v) is 4.54. The van der Waals surface area contributed by atoms with Crippen molar-refractivity contribution < 1.29 is 9.63 Å². The summed E-state index contributed by atoms with van der Waals surface area (Å²) in [6.07, 6.45) is 1.88. The second kappa shape index (κ2) is 4.85. The molecular formula is C14H14N2O3. The number of H-pyrrole nitrogens is 1. The van der Waals surface area contributed by atoms with Crippen LogP contribution in [-0.2, 0) is 4.84 Å². The van der Waals surface area contributed by atoms with Gasteiger partial charge in [-0.3, -0.25) is 14.4 Å². The largest absolute Gasteiger partial charge is 0.350 e. The van der Waals surface area contributed by atoms with E-state index in [4.69, 9.17) is 4.84 Å². The van der Waals surface area contributed by atoms with E-state index in [1.807, 2.05) is 6.07 Å². The van der Waals surface area contributed by atoms with Crippen molar-refractivity contribution in [3.05, 3.63) is 46.2 Å². The van der Waals surface area contributed by atoms with Gasteiger partial charge in [-0.2, -0.15) is 0 Å². The molecule has 1 fully saturated rings. The third-order valence-electron chi connectivity index (χ3n) is 3.20. The normalized spacial score (nSPS) is 15.7. The number of amides is 1. The van der Waals surface area contributed by atoms with Crippen molar-refractivity contribution in [3.63, 3.8) is 0 Å². The summed E-state index contributed by atoms with van der Waals surface area (Å²) in [6.45, 7) is 1.11. The van der Waals surface area contributed by atoms with Gasteiger partial charge in [0.05, 0.1) is 6.61 Å². The summed E-state index contributed by atoms with van der Waals surface area (Å²) < 4.78 is 0. The van der Waals surface area contributed by atoms with Crippen LogP contribution in [0.5, 0.6) is 0 Å². The van der Waals surface area contributed by atoms with Gasteiger partial charge in [-0.05, 0) is 25.0 Å². The number of nitrogens with one attached hydrogen (secondary N) is 1. The van der Waals surface area contributed by atoms with Crippen LogP contribution in [0.3, 0.4) is 0 Å². The Morgan fingerprint density at radius 1 is 1.26 bits per heavy atom. The lowest BCUT2D eigenvalue weighted by atomic mass is 10.2. The Bertz CT molecular complexity index is 672. The van der Waals surface area contributed by atoms with Crippen LogP contribution in [0.1, 0.15) is 23.3 Å². The summed E-state index contributed by atoms with van der Waals surface area (Å²) in [6, 6.07) is 8.48. The zero-order chi connectivity index (χ0) is 13.2. The van der Waals surface area contributed by atoms with Crippen LogP contribution < -0.4 is 5.43 Å². The third-order valence-corrected chi connectivity index (χ3v) is 3.20. The maximum absolute atomic E-state index is 12.2. The fourth-order valence-corrected chi connectivity index (χ4v) is 2.20. The molecule has 0 spiro atoms. The van der Waals surface area contributed by atoms with Crippen LogP contribution in [0.25, 0.3) is 10.9 Å². The number of carbonyl (C=O) groups is 1. The van der Waals surface area contributed by atoms with Crippen LogP contribution in [0.4, 0.5) is 0 Å². The summed E-state index contributed by atoms with van der Waals surface area (Å²) in [5.74, 6) is -0.289. The third kappa shape index (κ3) is 2.24. The fraction of sp³-hybridized carbons (Fsp3) is 0.286. The topological polar surface area (TPSA) is 62.4 Å². The van der Waals surface area contributed by atoms with E-state index >= 15 is 0 Å². The number of rotatable bonds is 1. The monoisotopic (exact) mass is 258 g/mol. The minimum Gasteiger partial charge on any atom is -0.350 e. The Morgan fingerprint density at radius 2 is 2.11 bits per heavy atom. The highest BCUT2D eigenvalue weighted by Gasteiger charge is 2.20. The Morgan fingerprint density at radius 3 is 2.89 bits per heavy atom. The number of hydrogen-bond acceptors (Lipinski definition) is 3. The van der Waals surface area contributed by atoms with E-state index in [2.05, 4.69) is 4.98 Å². The van der Waals surface area contributed by atoms with Gasteiger partial charge < -0.3 is 4.98 Å². The van der Waals surface area contributed by atoms with Gasteiger partial charge in [-0.25, -0.2) is 5.06 Å². The van der Waals surface area contributed by atoms with Crippen molar-refractivity contribution in [1.82, 2.24) is 10.0 Å². The number of pyridine rings is 1. The summed E-state index contributed by atoms with van der Waals surface area (Å²) >= 11 is 0. The first-order valence-corrected chi connectivity index (χ1v) is 6.32. The summed E-state index contributed by atoms with van der Waals surface area (Å²) in [7, 11) is 0. The molecule has 0 saturated carbocycles. The van der Waals surface area contributed by atoms with Crippen LogP contribution in [-0.4, -0.2) is 29.1 Å². The van der Waals surface area contributed by atoms with Crippen LogP contribution in [0.2, 0.25) is 0 Å². The molecular weight excluding hydrogens is 244 g/mol. The predicted molar refractivity (Wildman–Crippen MR) is 70.8 cm³/mol. The summed E-state index contributed by atoms with van der Waals surface area (Å²) in [4.78, 5) is 32.5. The first-order valence-electron chi connectivity index (χ1n) is 6.32. The Labute approximate surface area is 109 Å². The zero-order valence-corrected chi connectivity index (χ0v) is 10.4. The van der Waals surface area contributed by atoms with E-state index in [1.165, 1.54) is 11.1 Å². The molecule has 5 heteroatoms. The SMILES string of the molecule is O=C(c1cc(=O)c2ccccc2[nH]1)N1CCCCO1. The van der Waals surface area contributed by atoms with Gasteiger partial charge in [-0.15, -0.1) is 0 Å². The molecule has 1 amide bonds. The molecule has 1 aliphatic rings. The lowest BCUT2D eigenvalue weighted by Crippen LogP contribution is -2.36. The maximum Gasteiger partial charge on any atom is 0.293 e. The van der Waals surface area contributed by atoms with E-state index in [1.54, 1.807) is 18.2 Å². The number of aromatic amines is 1. The molecule has 0 atom stereocenters. The van der Waals surface area contributed by atoms with E-state index in [9.17, 15) is 9.59 Å². The number of nitrogens with zero attached hydrogens (tertiary/aromatic N) is 1. The average Bonchev–Trinajstić information content (AvgIpc) is 2.47. The predicted octanol–water partition coefficient (Wildman–Crippen LogP) is 1.70. The summed E-state index contributed by atoms with van der Waals surface area (Å²) in [5, 5.41) is 1.91. The molecule has 1 saturated heterocycles. The van der Waals surface area contributed by atoms with E-state index < -0.39 is 0 Å². The number of para-hydroxylation sites is 1. The fourth-order valence-electron chi connectivity index (χ4n) is 2.20. The molecule has 1 aromatic heterocycles. The van der Waals surface area contributed by atoms with Crippen LogP contribution in [0.15, 0.2) is 35.1 Å². The molecule has 98 valence electrons. The molecule has 1 aromatic carbocycles. The minimum atomic E-state index is -0.289. The van der Waals surface area contributed by atoms with Crippen molar-refractivity contribution in [3.8, 4) is 0 Å². The van der Waals surface area contributed by atoms with Gasteiger partial charge in [0.25, 0.3) is 5.91 Å². The molecule has 2 heterocycles. The van der Waals surface area contributed by atoms with Gasteiger partial charge >= 0.3 is 0 Å². The van der Waals surface area contributed by atoms with Gasteiger partial charge in [0, 0.05) is 23.5 Å². The Kier molecular flexibility index (Phi) is 3.05. The molecule has 2 aromatic rings. The highest BCUT2D eigenvalue weighted by molar-refractivity contribution is 5.94. The van der Waals surface area contributed by atoms with Crippen molar-refractivity contribution in [2.24, 2.45) is 0 Å². The molecule has 1 N–H and O–H groups in total. The zero-order valence-electron chi connectivity index (χ0n) is 10.4. The lowest BCUT2D eigenvalue weighted by molar-refractivity contribution is -0.144. The number of fused-ring (bicyclic) bond motifs is 1. The molecule has 3 rings (SSSR count). The van der Waals surface area contributed by atoms with Gasteiger partial charge in [0.15, 0.2) is 5.43 Å². The molecule has 1 aliphatic heterocycles. The average molecular weight is 258 g/mol. The molecule has 5 nitrogen and oxygen atoms in total. The Balaban J connectivity index is 2.00. The van der Waals surface area contributed by atoms with Crippen molar-refractivity contribution in [2.75, 3.05) is 13.2 Å². The van der Waals surface area contributed by atoms with E-state index in [0.29, 0.717) is 24.1 Å². The number of benzene rings is 1. The number of aromatic nitrogens is 1.